The number of cyclic esters (lactones) is 1. The molecule has 2 aromatic carbocycles. The molecule has 10 nitrogen and oxygen atoms in total. The summed E-state index contributed by atoms with van der Waals surface area (Å²) in [7, 11) is 0. The van der Waals surface area contributed by atoms with Crippen molar-refractivity contribution < 1.29 is 87.9 Å². The van der Waals surface area contributed by atoms with Crippen molar-refractivity contribution in [3.63, 3.8) is 0 Å². The first-order valence-corrected chi connectivity index (χ1v) is 19.7. The molecule has 0 bridgehead atoms. The van der Waals surface area contributed by atoms with Crippen LogP contribution in [-0.2, 0) is 43.7 Å². The van der Waals surface area contributed by atoms with Gasteiger partial charge in [0.2, 0.25) is 6.10 Å². The number of hydrogen-bond donors (Lipinski definition) is 2. The molecular weight excluding hydrogens is 847 g/mol. The predicted octanol–water partition coefficient (Wildman–Crippen LogP) is 8.66. The Bertz CT molecular complexity index is 1930. The van der Waals surface area contributed by atoms with Crippen LogP contribution in [0.15, 0.2) is 60.7 Å². The van der Waals surface area contributed by atoms with Gasteiger partial charge in [-0.2, -0.15) is 39.5 Å². The summed E-state index contributed by atoms with van der Waals surface area (Å²) in [6, 6.07) is 15.9. The van der Waals surface area contributed by atoms with Gasteiger partial charge >= 0.3 is 42.4 Å². The quantitative estimate of drug-likeness (QED) is 0.114. The van der Waals surface area contributed by atoms with E-state index >= 15 is 4.79 Å². The maximum Gasteiger partial charge on any atom is 0.426 e. The number of aliphatic hydroxyl groups is 2. The molecule has 19 heteroatoms. The van der Waals surface area contributed by atoms with E-state index in [2.05, 4.69) is 0 Å². The molecule has 62 heavy (non-hydrogen) atoms. The molecule has 2 aromatic rings. The van der Waals surface area contributed by atoms with E-state index in [0.717, 1.165) is 13.8 Å². The Morgan fingerprint density at radius 1 is 0.677 bits per heavy atom. The van der Waals surface area contributed by atoms with Gasteiger partial charge < -0.3 is 29.2 Å². The van der Waals surface area contributed by atoms with Crippen LogP contribution < -0.4 is 0 Å². The van der Waals surface area contributed by atoms with Crippen LogP contribution in [0.1, 0.15) is 98.1 Å². The minimum Gasteiger partial charge on any atom is -0.463 e. The fourth-order valence-electron chi connectivity index (χ4n) is 8.59. The van der Waals surface area contributed by atoms with E-state index in [4.69, 9.17) is 18.9 Å². The first-order valence-electron chi connectivity index (χ1n) is 19.7. The van der Waals surface area contributed by atoms with Gasteiger partial charge in [-0.1, -0.05) is 67.6 Å². The zero-order valence-corrected chi connectivity index (χ0v) is 35.3. The van der Waals surface area contributed by atoms with Gasteiger partial charge in [0, 0.05) is 18.3 Å². The number of carbonyl (C=O) groups excluding carboxylic acids is 4. The fraction of sp³-hybridized carbons (Fsp3) is 0.628. The van der Waals surface area contributed by atoms with Crippen molar-refractivity contribution in [1.29, 1.82) is 0 Å². The van der Waals surface area contributed by atoms with Gasteiger partial charge in [0.05, 0.1) is 22.9 Å². The second-order valence-corrected chi connectivity index (χ2v) is 17.7. The van der Waals surface area contributed by atoms with Crippen LogP contribution in [0.2, 0.25) is 0 Å². The Labute approximate surface area is 352 Å². The van der Waals surface area contributed by atoms with Crippen LogP contribution in [0, 0.1) is 28.1 Å². The van der Waals surface area contributed by atoms with Crippen LogP contribution in [0.3, 0.4) is 0 Å². The molecule has 2 N–H and O–H groups in total. The zero-order valence-electron chi connectivity index (χ0n) is 35.3. The normalized spacial score (nSPS) is 24.1. The molecule has 2 aliphatic rings. The van der Waals surface area contributed by atoms with Crippen LogP contribution >= 0.6 is 0 Å². The molecule has 4 rings (SSSR count). The smallest absolute Gasteiger partial charge is 0.426 e. The van der Waals surface area contributed by atoms with Crippen molar-refractivity contribution in [2.75, 3.05) is 6.61 Å². The molecule has 0 radical (unpaired) electrons. The van der Waals surface area contributed by atoms with Gasteiger partial charge in [0.1, 0.15) is 11.7 Å². The molecule has 2 fully saturated rings. The number of rotatable bonds is 13. The van der Waals surface area contributed by atoms with Crippen molar-refractivity contribution in [3.8, 4) is 0 Å². The minimum absolute atomic E-state index is 0.132. The Kier molecular flexibility index (Phi) is 13.7. The molecule has 0 amide bonds. The number of benzene rings is 2. The lowest BCUT2D eigenvalue weighted by molar-refractivity contribution is -0.391. The summed E-state index contributed by atoms with van der Waals surface area (Å²) in [6.45, 7) is 8.98. The molecular formula is C43H51F9O10. The number of alkyl halides is 9. The van der Waals surface area contributed by atoms with E-state index in [1.807, 2.05) is 0 Å². The van der Waals surface area contributed by atoms with Crippen molar-refractivity contribution >= 4 is 23.9 Å². The summed E-state index contributed by atoms with van der Waals surface area (Å²) in [5, 5.41) is 21.1. The Morgan fingerprint density at radius 2 is 1.18 bits per heavy atom. The Hall–Kier alpha value is -4.39. The lowest BCUT2D eigenvalue weighted by Gasteiger charge is -2.54. The Balaban J connectivity index is 1.97. The van der Waals surface area contributed by atoms with Crippen LogP contribution in [0.5, 0.6) is 0 Å². The standard InChI is InChI=1S/C43H51F9O10/c1-24(25-15-11-9-12-16-25)37(6,33(55)60-29-22-27(39(8,57)41(44,45)46)21-28(23-29)40(58,42(47,48)49)43(50,51)52)38(7,34(56)61-30-19-20-59-31(30)53)35(2,3)32(54)62-36(4,5)26-17-13-10-14-18-26/h9-18,24,27-30,57-58H,19-23H2,1-8H3. The average Bonchev–Trinajstić information content (AvgIpc) is 3.58. The van der Waals surface area contributed by atoms with Crippen LogP contribution in [0.25, 0.3) is 0 Å². The highest BCUT2D eigenvalue weighted by Crippen LogP contribution is 2.61. The van der Waals surface area contributed by atoms with Gasteiger partial charge in [-0.15, -0.1) is 0 Å². The molecule has 1 aliphatic carbocycles. The maximum atomic E-state index is 15.2. The molecule has 1 aliphatic heterocycles. The third-order valence-corrected chi connectivity index (χ3v) is 13.5. The molecule has 0 spiro atoms. The molecule has 1 saturated carbocycles. The molecule has 8 atom stereocenters. The summed E-state index contributed by atoms with van der Waals surface area (Å²) in [6.07, 6.45) is -27.1. The molecule has 0 aromatic heterocycles. The number of ether oxygens (including phenoxy) is 4. The summed E-state index contributed by atoms with van der Waals surface area (Å²) in [5.74, 6) is -12.1. The van der Waals surface area contributed by atoms with Crippen LogP contribution in [-0.4, -0.2) is 82.6 Å². The van der Waals surface area contributed by atoms with E-state index < -0.39 is 125 Å². The van der Waals surface area contributed by atoms with E-state index in [1.165, 1.54) is 58.9 Å². The first kappa shape index (κ1) is 50.3. The minimum atomic E-state index is -6.52. The molecule has 346 valence electrons. The third-order valence-electron chi connectivity index (χ3n) is 13.5. The van der Waals surface area contributed by atoms with Crippen molar-refractivity contribution in [1.82, 2.24) is 0 Å². The highest BCUT2D eigenvalue weighted by molar-refractivity contribution is 5.96. The summed E-state index contributed by atoms with van der Waals surface area (Å²) >= 11 is 0. The van der Waals surface area contributed by atoms with Crippen LogP contribution in [0.4, 0.5) is 39.5 Å². The van der Waals surface area contributed by atoms with Gasteiger partial charge in [-0.3, -0.25) is 14.4 Å². The molecule has 1 heterocycles. The van der Waals surface area contributed by atoms with Crippen molar-refractivity contribution in [2.24, 2.45) is 28.1 Å². The van der Waals surface area contributed by atoms with E-state index in [-0.39, 0.29) is 25.5 Å². The zero-order chi connectivity index (χ0) is 47.3. The number of hydrogen-bond acceptors (Lipinski definition) is 10. The van der Waals surface area contributed by atoms with Gasteiger partial charge in [-0.25, -0.2) is 4.79 Å². The second kappa shape index (κ2) is 17.0. The monoisotopic (exact) mass is 898 g/mol. The maximum absolute atomic E-state index is 15.2. The largest absolute Gasteiger partial charge is 0.463 e. The number of carbonyl (C=O) groups is 4. The average molecular weight is 899 g/mol. The topological polar surface area (TPSA) is 146 Å². The summed E-state index contributed by atoms with van der Waals surface area (Å²) < 4.78 is 151. The molecule has 8 unspecified atom stereocenters. The van der Waals surface area contributed by atoms with E-state index in [0.29, 0.717) is 5.56 Å². The second-order valence-electron chi connectivity index (χ2n) is 17.7. The lowest BCUT2D eigenvalue weighted by Crippen LogP contribution is -2.65. The molecule has 1 saturated heterocycles. The highest BCUT2D eigenvalue weighted by Gasteiger charge is 2.75. The van der Waals surface area contributed by atoms with Crippen molar-refractivity contribution in [2.45, 2.75) is 135 Å². The lowest BCUT2D eigenvalue weighted by atomic mass is 9.48. The third kappa shape index (κ3) is 8.76. The summed E-state index contributed by atoms with van der Waals surface area (Å²) in [5.41, 5.74) is -17.7. The number of halogens is 9. The van der Waals surface area contributed by atoms with E-state index in [1.54, 1.807) is 36.4 Å². The first-order chi connectivity index (χ1) is 28.1. The van der Waals surface area contributed by atoms with Crippen molar-refractivity contribution in [3.05, 3.63) is 71.8 Å². The van der Waals surface area contributed by atoms with Gasteiger partial charge in [-0.05, 0) is 84.8 Å². The van der Waals surface area contributed by atoms with Gasteiger partial charge in [0.25, 0.3) is 5.60 Å². The fourth-order valence-corrected chi connectivity index (χ4v) is 8.59. The highest BCUT2D eigenvalue weighted by atomic mass is 19.4. The Morgan fingerprint density at radius 3 is 1.65 bits per heavy atom. The summed E-state index contributed by atoms with van der Waals surface area (Å²) in [4.78, 5) is 57.5. The van der Waals surface area contributed by atoms with E-state index in [9.17, 15) is 64.1 Å². The SMILES string of the molecule is CC(c1ccccc1)C(C)(C(=O)OC1CC(C(C)(O)C(F)(F)F)CC(C(O)(C(F)(F)F)C(F)(F)F)C1)C(C)(C(=O)OC1CCOC1=O)C(C)(C)C(=O)OC(C)(C)c1ccccc1. The van der Waals surface area contributed by atoms with Gasteiger partial charge in [0.15, 0.2) is 5.60 Å². The number of esters is 4. The predicted molar refractivity (Wildman–Crippen MR) is 200 cm³/mol.